The summed E-state index contributed by atoms with van der Waals surface area (Å²) in [7, 11) is 3.78. The third kappa shape index (κ3) is 233. The second-order valence-electron chi connectivity index (χ2n) is 17.3. The van der Waals surface area contributed by atoms with E-state index in [-0.39, 0.29) is 0 Å². The lowest BCUT2D eigenvalue weighted by Crippen LogP contribution is -1.83. The Morgan fingerprint density at radius 3 is 0.545 bits per heavy atom. The highest BCUT2D eigenvalue weighted by Gasteiger charge is 1.90. The zero-order valence-corrected chi connectivity index (χ0v) is 70.7. The van der Waals surface area contributed by atoms with Crippen LogP contribution in [0, 0.1) is 11.8 Å². The van der Waals surface area contributed by atoms with Gasteiger partial charge in [-0.1, -0.05) is 466 Å². The van der Waals surface area contributed by atoms with Crippen molar-refractivity contribution in [1.29, 1.82) is 0 Å². The van der Waals surface area contributed by atoms with E-state index in [1.807, 2.05) is 205 Å². The number of rotatable bonds is 18. The second-order valence-corrected chi connectivity index (χ2v) is 17.3. The molecular weight excluding hydrogens is 1060 g/mol. The molecular formula is C84H188N4. The summed E-state index contributed by atoms with van der Waals surface area (Å²) < 4.78 is 3.50. The Bertz CT molecular complexity index is 1090. The van der Waals surface area contributed by atoms with E-state index in [2.05, 4.69) is 182 Å². The van der Waals surface area contributed by atoms with E-state index in [4.69, 9.17) is 0 Å². The first-order valence-electron chi connectivity index (χ1n) is 38.8. The van der Waals surface area contributed by atoms with Gasteiger partial charge in [-0.25, -0.2) is 0 Å². The van der Waals surface area contributed by atoms with Crippen molar-refractivity contribution in [1.82, 2.24) is 19.6 Å². The summed E-state index contributed by atoms with van der Waals surface area (Å²) in [5.74, 6) is 1.81. The van der Waals surface area contributed by atoms with Gasteiger partial charge in [0.05, 0.1) is 0 Å². The van der Waals surface area contributed by atoms with Crippen molar-refractivity contribution >= 4 is 0 Å². The van der Waals surface area contributed by atoms with Gasteiger partial charge in [0.1, 0.15) is 0 Å². The van der Waals surface area contributed by atoms with Gasteiger partial charge in [0.2, 0.25) is 0 Å². The van der Waals surface area contributed by atoms with Crippen molar-refractivity contribution in [3.8, 4) is 0 Å². The minimum absolute atomic E-state index is 0.903. The molecule has 0 radical (unpaired) electrons. The lowest BCUT2D eigenvalue weighted by Gasteiger charge is -1.98. The van der Waals surface area contributed by atoms with E-state index in [1.54, 1.807) is 21.8 Å². The van der Waals surface area contributed by atoms with E-state index in [0.29, 0.717) is 0 Å². The van der Waals surface area contributed by atoms with Crippen LogP contribution in [0.5, 0.6) is 0 Å². The molecule has 0 aliphatic rings. The molecule has 0 bridgehead atoms. The van der Waals surface area contributed by atoms with Gasteiger partial charge in [-0.2, -0.15) is 10.2 Å². The normalized spacial score (nSPS) is 7.50. The monoisotopic (exact) mass is 1250 g/mol. The predicted octanol–water partition coefficient (Wildman–Crippen LogP) is 32.9. The average Bonchev–Trinajstić information content (AvgIpc) is 4.33. The smallest absolute Gasteiger partial charge is 0.0489 e. The average molecular weight is 1250 g/mol. The minimum atomic E-state index is 0.903. The molecule has 0 atom stereocenters. The molecule has 4 heteroatoms. The summed E-state index contributed by atoms with van der Waals surface area (Å²) in [4.78, 5) is 0. The van der Waals surface area contributed by atoms with E-state index in [1.165, 1.54) is 152 Å². The van der Waals surface area contributed by atoms with Crippen molar-refractivity contribution in [2.75, 3.05) is 0 Å². The van der Waals surface area contributed by atoms with Gasteiger partial charge in [-0.05, 0) is 47.9 Å². The maximum absolute atomic E-state index is 3.83. The molecule has 0 N–H and O–H groups in total. The van der Waals surface area contributed by atoms with Crippen LogP contribution in [0.3, 0.4) is 0 Å². The number of unbranched alkanes of at least 4 members (excludes halogenated alkanes) is 10. The molecule has 0 saturated heterocycles. The van der Waals surface area contributed by atoms with Gasteiger partial charge >= 0.3 is 0 Å². The van der Waals surface area contributed by atoms with E-state index >= 15 is 0 Å². The van der Waals surface area contributed by atoms with Crippen LogP contribution in [0.1, 0.15) is 416 Å². The number of aryl methyl sites for hydroxylation is 4. The number of hydrogen-bond acceptors (Lipinski definition) is 2. The van der Waals surface area contributed by atoms with Crippen molar-refractivity contribution < 1.29 is 0 Å². The first kappa shape index (κ1) is 133. The standard InChI is InChI=1S/2C9H12.2C7H16.2C6H14.2C4H6N2.2C4H10.12C2H6/c2*1-2-6-9-7-4-3-5-8-9;2*1-4-5-6-7(2)3;2*1-3-5-6-4-2;2*1-6-4-2-3-5-6;2*1-3-4-2;12*1-2/h2*3-5,7-8H,2,6H2,1H3;2*7H,4-6H2,1-3H3;2*3-6H2,1-2H3;2*2-4H,1H3;2*3-4H2,1-2H3;12*1-2H3. The Balaban J connectivity index is -0.0000000374. The molecule has 0 unspecified atom stereocenters. The van der Waals surface area contributed by atoms with Crippen LogP contribution in [0.4, 0.5) is 0 Å². The highest BCUT2D eigenvalue weighted by molar-refractivity contribution is 5.15. The Morgan fingerprint density at radius 2 is 0.455 bits per heavy atom. The van der Waals surface area contributed by atoms with Gasteiger partial charge < -0.3 is 0 Å². The maximum atomic E-state index is 3.83. The number of aromatic nitrogens is 4. The zero-order chi connectivity index (χ0) is 73.7. The number of hydrogen-bond donors (Lipinski definition) is 0. The number of nitrogens with zero attached hydrogens (tertiary/aromatic N) is 4. The van der Waals surface area contributed by atoms with Crippen LogP contribution in [0.15, 0.2) is 97.6 Å². The van der Waals surface area contributed by atoms with Crippen LogP contribution >= 0.6 is 0 Å². The molecule has 0 amide bonds. The SMILES string of the molecule is CC.CC.CC.CC.CC.CC.CC.CC.CC.CC.CC.CC.CCCC.CCCC.CCCCC(C)C.CCCCC(C)C.CCCCCC.CCCCCC.CCCc1ccccc1.CCCc1ccccc1.Cn1cccn1.Cn1cccn1. The zero-order valence-electron chi connectivity index (χ0n) is 70.7. The predicted molar refractivity (Wildman–Crippen MR) is 433 cm³/mol. The molecule has 88 heavy (non-hydrogen) atoms. The van der Waals surface area contributed by atoms with Gasteiger partial charge in [0.25, 0.3) is 0 Å². The highest BCUT2D eigenvalue weighted by Crippen LogP contribution is 2.05. The molecule has 0 fully saturated rings. The van der Waals surface area contributed by atoms with Gasteiger partial charge in [0, 0.05) is 38.9 Å². The van der Waals surface area contributed by atoms with Crippen molar-refractivity contribution in [2.45, 2.75) is 418 Å². The molecule has 2 aromatic carbocycles. The lowest BCUT2D eigenvalue weighted by molar-refractivity contribution is 0.550. The topological polar surface area (TPSA) is 35.6 Å². The third-order valence-corrected chi connectivity index (χ3v) is 9.22. The Labute approximate surface area is 569 Å². The van der Waals surface area contributed by atoms with Gasteiger partial charge in [0.15, 0.2) is 0 Å². The fourth-order valence-electron chi connectivity index (χ4n) is 4.78. The lowest BCUT2D eigenvalue weighted by atomic mass is 10.1. The second kappa shape index (κ2) is 191. The van der Waals surface area contributed by atoms with Crippen molar-refractivity contribution in [3.63, 3.8) is 0 Å². The Morgan fingerprint density at radius 1 is 0.261 bits per heavy atom. The summed E-state index contributed by atoms with van der Waals surface area (Å²) in [5.41, 5.74) is 2.89. The van der Waals surface area contributed by atoms with Crippen LogP contribution in [0.2, 0.25) is 0 Å². The van der Waals surface area contributed by atoms with Crippen molar-refractivity contribution in [3.05, 3.63) is 109 Å². The number of benzene rings is 2. The van der Waals surface area contributed by atoms with E-state index in [9.17, 15) is 0 Å². The van der Waals surface area contributed by atoms with Crippen molar-refractivity contribution in [2.24, 2.45) is 25.9 Å². The molecule has 4 nitrogen and oxygen atoms in total. The van der Waals surface area contributed by atoms with Gasteiger partial charge in [-0.3, -0.25) is 9.36 Å². The first-order chi connectivity index (χ1) is 42.8. The van der Waals surface area contributed by atoms with E-state index in [0.717, 1.165) is 11.8 Å². The van der Waals surface area contributed by atoms with Crippen LogP contribution in [-0.2, 0) is 26.9 Å². The Hall–Kier alpha value is -3.14. The van der Waals surface area contributed by atoms with Crippen LogP contribution in [0.25, 0.3) is 0 Å². The third-order valence-electron chi connectivity index (χ3n) is 9.22. The summed E-state index contributed by atoms with van der Waals surface area (Å²) in [6.07, 6.45) is 36.8. The minimum Gasteiger partial charge on any atom is -0.276 e. The fraction of sp³-hybridized carbons (Fsp3) is 0.786. The molecule has 4 aromatic rings. The molecule has 4 rings (SSSR count). The quantitative estimate of drug-likeness (QED) is 0.0931. The van der Waals surface area contributed by atoms with Gasteiger partial charge in [-0.15, -0.1) is 0 Å². The molecule has 0 aliphatic carbocycles. The molecule has 0 aliphatic heterocycles. The highest BCUT2D eigenvalue weighted by atomic mass is 15.2. The first-order valence-corrected chi connectivity index (χ1v) is 38.8. The van der Waals surface area contributed by atoms with Crippen LogP contribution < -0.4 is 0 Å². The molecule has 0 spiro atoms. The maximum Gasteiger partial charge on any atom is 0.0489 e. The fourth-order valence-corrected chi connectivity index (χ4v) is 4.78. The summed E-state index contributed by atoms with van der Waals surface area (Å²) in [6.45, 7) is 83.6. The van der Waals surface area contributed by atoms with E-state index < -0.39 is 0 Å². The molecule has 2 aromatic heterocycles. The van der Waals surface area contributed by atoms with Crippen LogP contribution in [-0.4, -0.2) is 19.6 Å². The molecule has 0 saturated carbocycles. The summed E-state index contributed by atoms with van der Waals surface area (Å²) in [6, 6.07) is 24.9. The molecule has 544 valence electrons. The Kier molecular flexibility index (Phi) is 290. The molecule has 2 heterocycles. The summed E-state index contributed by atoms with van der Waals surface area (Å²) >= 11 is 0. The summed E-state index contributed by atoms with van der Waals surface area (Å²) in [5, 5.41) is 7.67. The largest absolute Gasteiger partial charge is 0.276 e.